The molecule has 0 radical (unpaired) electrons. The zero-order valence-electron chi connectivity index (χ0n) is 16.0. The molecule has 146 valence electrons. The van der Waals surface area contributed by atoms with Crippen molar-refractivity contribution < 1.29 is 25.2 Å². The molecule has 4 N–H and O–H groups in total. The Hall–Kier alpha value is -1.43. The van der Waals surface area contributed by atoms with E-state index in [0.29, 0.717) is 6.42 Å². The summed E-state index contributed by atoms with van der Waals surface area (Å²) in [6, 6.07) is 0. The fraction of sp³-hybridized carbons (Fsp3) is 0.667. The van der Waals surface area contributed by atoms with E-state index < -0.39 is 11.7 Å². The van der Waals surface area contributed by atoms with Crippen molar-refractivity contribution in [1.82, 2.24) is 0 Å². The summed E-state index contributed by atoms with van der Waals surface area (Å²) < 4.78 is 0. The summed E-state index contributed by atoms with van der Waals surface area (Å²) in [7, 11) is 0. The second-order valence-electron chi connectivity index (χ2n) is 8.05. The van der Waals surface area contributed by atoms with E-state index in [1.807, 2.05) is 13.0 Å². The standard InChI is InChI=1S/C21H32O5/c1-13(12-22)5-4-6-14(2)15-9-10-21(3,26)17(15)11-16-18(23)7-8-19(24)20(16)25/h5,9,14,17,19,22,24-26H,4,6-8,10-12H2,1-3H3. The maximum atomic E-state index is 12.2. The number of aliphatic hydroxyl groups excluding tert-OH is 3. The molecule has 0 fully saturated rings. The normalized spacial score (nSPS) is 31.4. The van der Waals surface area contributed by atoms with Gasteiger partial charge in [0.1, 0.15) is 11.9 Å². The molecule has 0 bridgehead atoms. The van der Waals surface area contributed by atoms with Gasteiger partial charge in [-0.05, 0) is 51.9 Å². The van der Waals surface area contributed by atoms with Gasteiger partial charge in [0.2, 0.25) is 0 Å². The average molecular weight is 364 g/mol. The van der Waals surface area contributed by atoms with Crippen molar-refractivity contribution in [3.8, 4) is 0 Å². The third-order valence-corrected chi connectivity index (χ3v) is 5.83. The molecule has 0 aromatic carbocycles. The highest BCUT2D eigenvalue weighted by molar-refractivity contribution is 5.96. The number of carbonyl (C=O) groups is 1. The van der Waals surface area contributed by atoms with E-state index in [0.717, 1.165) is 24.0 Å². The van der Waals surface area contributed by atoms with Crippen LogP contribution < -0.4 is 0 Å². The first-order valence-electron chi connectivity index (χ1n) is 9.49. The molecule has 0 saturated heterocycles. The zero-order chi connectivity index (χ0) is 19.5. The van der Waals surface area contributed by atoms with Crippen molar-refractivity contribution in [1.29, 1.82) is 0 Å². The number of allylic oxidation sites excluding steroid dienone is 2. The van der Waals surface area contributed by atoms with Crippen LogP contribution >= 0.6 is 0 Å². The molecule has 0 amide bonds. The van der Waals surface area contributed by atoms with Gasteiger partial charge in [0.25, 0.3) is 0 Å². The van der Waals surface area contributed by atoms with Crippen molar-refractivity contribution in [3.63, 3.8) is 0 Å². The molecule has 5 heteroatoms. The van der Waals surface area contributed by atoms with Gasteiger partial charge in [0.15, 0.2) is 5.78 Å². The molecule has 0 saturated carbocycles. The number of Topliss-reactive ketones (excluding diaryl/α,β-unsaturated/α-hetero) is 1. The van der Waals surface area contributed by atoms with Crippen LogP contribution in [0.25, 0.3) is 0 Å². The molecule has 0 aromatic heterocycles. The molecule has 0 heterocycles. The second kappa shape index (κ2) is 8.51. The molecular formula is C21H32O5. The van der Waals surface area contributed by atoms with Crippen molar-refractivity contribution in [2.75, 3.05) is 6.61 Å². The van der Waals surface area contributed by atoms with Gasteiger partial charge in [0.05, 0.1) is 12.2 Å². The summed E-state index contributed by atoms with van der Waals surface area (Å²) in [6.45, 7) is 5.83. The van der Waals surface area contributed by atoms with Gasteiger partial charge in [-0.3, -0.25) is 4.79 Å². The van der Waals surface area contributed by atoms with Gasteiger partial charge in [-0.2, -0.15) is 0 Å². The first-order valence-corrected chi connectivity index (χ1v) is 9.49. The highest BCUT2D eigenvalue weighted by Crippen LogP contribution is 2.44. The summed E-state index contributed by atoms with van der Waals surface area (Å²) >= 11 is 0. The molecule has 5 nitrogen and oxygen atoms in total. The number of rotatable bonds is 7. The SMILES string of the molecule is CC(=CCCC(C)C1=CCC(C)(O)C1CC1=C(O)C(O)CCC1=O)CO. The van der Waals surface area contributed by atoms with Crippen LogP contribution in [-0.4, -0.2) is 44.5 Å². The molecule has 4 atom stereocenters. The first-order chi connectivity index (χ1) is 12.2. The van der Waals surface area contributed by atoms with Gasteiger partial charge >= 0.3 is 0 Å². The van der Waals surface area contributed by atoms with Crippen LogP contribution in [0.4, 0.5) is 0 Å². The van der Waals surface area contributed by atoms with Crippen LogP contribution in [0.3, 0.4) is 0 Å². The van der Waals surface area contributed by atoms with E-state index in [4.69, 9.17) is 5.11 Å². The highest BCUT2D eigenvalue weighted by Gasteiger charge is 2.42. The summed E-state index contributed by atoms with van der Waals surface area (Å²) in [6.07, 6.45) is 6.09. The lowest BCUT2D eigenvalue weighted by molar-refractivity contribution is -0.117. The predicted octanol–water partition coefficient (Wildman–Crippen LogP) is 2.96. The monoisotopic (exact) mass is 364 g/mol. The van der Waals surface area contributed by atoms with Crippen molar-refractivity contribution in [2.45, 2.75) is 71.0 Å². The summed E-state index contributed by atoms with van der Waals surface area (Å²) in [5.41, 5.74) is 1.36. The molecule has 2 aliphatic rings. The van der Waals surface area contributed by atoms with Crippen molar-refractivity contribution >= 4 is 5.78 Å². The summed E-state index contributed by atoms with van der Waals surface area (Å²) in [5, 5.41) is 39.9. The van der Waals surface area contributed by atoms with Crippen LogP contribution in [-0.2, 0) is 4.79 Å². The topological polar surface area (TPSA) is 98.0 Å². The Kier molecular flexibility index (Phi) is 6.83. The number of ketones is 1. The third kappa shape index (κ3) is 4.64. The molecular weight excluding hydrogens is 332 g/mol. The average Bonchev–Trinajstić information content (AvgIpc) is 2.89. The number of carbonyl (C=O) groups excluding carboxylic acids is 1. The minimum Gasteiger partial charge on any atom is -0.509 e. The minimum absolute atomic E-state index is 0.0618. The van der Waals surface area contributed by atoms with Gasteiger partial charge < -0.3 is 20.4 Å². The maximum absolute atomic E-state index is 12.2. The molecule has 26 heavy (non-hydrogen) atoms. The molecule has 0 aromatic rings. The van der Waals surface area contributed by atoms with Crippen LogP contribution in [0, 0.1) is 11.8 Å². The van der Waals surface area contributed by atoms with Crippen molar-refractivity contribution in [3.05, 3.63) is 34.6 Å². The van der Waals surface area contributed by atoms with Crippen molar-refractivity contribution in [2.24, 2.45) is 11.8 Å². The lowest BCUT2D eigenvalue weighted by atomic mass is 9.76. The van der Waals surface area contributed by atoms with E-state index in [1.165, 1.54) is 0 Å². The van der Waals surface area contributed by atoms with Crippen LogP contribution in [0.1, 0.15) is 59.3 Å². The summed E-state index contributed by atoms with van der Waals surface area (Å²) in [5.74, 6) is -0.378. The largest absolute Gasteiger partial charge is 0.509 e. The van der Waals surface area contributed by atoms with E-state index in [1.54, 1.807) is 6.92 Å². The Morgan fingerprint density at radius 2 is 2.15 bits per heavy atom. The lowest BCUT2D eigenvalue weighted by Gasteiger charge is -2.32. The number of hydrogen-bond acceptors (Lipinski definition) is 5. The Labute approximate surface area is 155 Å². The van der Waals surface area contributed by atoms with E-state index in [-0.39, 0.29) is 54.8 Å². The molecule has 0 spiro atoms. The first kappa shape index (κ1) is 20.9. The maximum Gasteiger partial charge on any atom is 0.162 e. The van der Waals surface area contributed by atoms with Gasteiger partial charge in [0, 0.05) is 17.9 Å². The fourth-order valence-corrected chi connectivity index (χ4v) is 3.98. The van der Waals surface area contributed by atoms with Crippen LogP contribution in [0.5, 0.6) is 0 Å². The molecule has 2 rings (SSSR count). The molecule has 4 unspecified atom stereocenters. The van der Waals surface area contributed by atoms with E-state index >= 15 is 0 Å². The Bertz CT molecular complexity index is 626. The molecule has 2 aliphatic carbocycles. The van der Waals surface area contributed by atoms with Gasteiger partial charge in [-0.15, -0.1) is 0 Å². The Morgan fingerprint density at radius 1 is 1.46 bits per heavy atom. The zero-order valence-corrected chi connectivity index (χ0v) is 16.0. The molecule has 0 aliphatic heterocycles. The lowest BCUT2D eigenvalue weighted by Crippen LogP contribution is -2.35. The fourth-order valence-electron chi connectivity index (χ4n) is 3.98. The van der Waals surface area contributed by atoms with Crippen LogP contribution in [0.2, 0.25) is 0 Å². The number of aliphatic hydroxyl groups is 4. The smallest absolute Gasteiger partial charge is 0.162 e. The Balaban J connectivity index is 2.15. The third-order valence-electron chi connectivity index (χ3n) is 5.83. The summed E-state index contributed by atoms with van der Waals surface area (Å²) in [4.78, 5) is 12.2. The highest BCUT2D eigenvalue weighted by atomic mass is 16.3. The quantitative estimate of drug-likeness (QED) is 0.521. The van der Waals surface area contributed by atoms with E-state index in [2.05, 4.69) is 13.0 Å². The minimum atomic E-state index is -0.981. The van der Waals surface area contributed by atoms with Crippen LogP contribution in [0.15, 0.2) is 34.6 Å². The van der Waals surface area contributed by atoms with E-state index in [9.17, 15) is 20.1 Å². The Morgan fingerprint density at radius 3 is 2.81 bits per heavy atom. The van der Waals surface area contributed by atoms with Gasteiger partial charge in [-0.25, -0.2) is 0 Å². The second-order valence-corrected chi connectivity index (χ2v) is 8.05. The number of hydrogen-bond donors (Lipinski definition) is 4. The van der Waals surface area contributed by atoms with Gasteiger partial charge in [-0.1, -0.05) is 30.2 Å². The predicted molar refractivity (Wildman–Crippen MR) is 101 cm³/mol.